The van der Waals surface area contributed by atoms with Crippen LogP contribution in [-0.2, 0) is 19.0 Å². The van der Waals surface area contributed by atoms with Gasteiger partial charge in [0.2, 0.25) is 0 Å². The Bertz CT molecular complexity index is 721. The van der Waals surface area contributed by atoms with Gasteiger partial charge in [0.15, 0.2) is 24.4 Å². The van der Waals surface area contributed by atoms with Gasteiger partial charge in [0.1, 0.15) is 5.60 Å². The number of aliphatic hydroxyl groups is 1. The Kier molecular flexibility index (Phi) is 6.27. The number of benzene rings is 1. The van der Waals surface area contributed by atoms with Gasteiger partial charge in [-0.3, -0.25) is 0 Å². The van der Waals surface area contributed by atoms with Gasteiger partial charge < -0.3 is 28.8 Å². The molecular weight excluding hydrogens is 364 g/mol. The average Bonchev–Trinajstić information content (AvgIpc) is 2.66. The third-order valence-electron chi connectivity index (χ3n) is 4.87. The first-order valence-corrected chi connectivity index (χ1v) is 9.65. The van der Waals surface area contributed by atoms with Crippen LogP contribution in [0, 0.1) is 0 Å². The van der Waals surface area contributed by atoms with E-state index in [1.807, 2.05) is 0 Å². The molecule has 2 atom stereocenters. The van der Waals surface area contributed by atoms with Crippen LogP contribution in [0.1, 0.15) is 45.6 Å². The number of fused-ring (bicyclic) bond motifs is 1. The standard InChI is InChI=1S/C21H28O7/c1-4-24-18(22)11-9-15-8-10-16-17(13-15)27-21(23,14-26-16)20(2,3)28-19-7-5-6-12-25-19/h8-11,13,19,23H,4-7,12,14H2,1-3H3/b11-9+. The van der Waals surface area contributed by atoms with E-state index < -0.39 is 17.4 Å². The van der Waals surface area contributed by atoms with Gasteiger partial charge in [-0.05, 0) is 63.8 Å². The highest BCUT2D eigenvalue weighted by molar-refractivity contribution is 5.87. The van der Waals surface area contributed by atoms with Crippen molar-refractivity contribution < 1.29 is 33.6 Å². The van der Waals surface area contributed by atoms with Gasteiger partial charge in [0.25, 0.3) is 5.79 Å². The molecule has 2 aliphatic heterocycles. The summed E-state index contributed by atoms with van der Waals surface area (Å²) in [5.74, 6) is -1.22. The van der Waals surface area contributed by atoms with Crippen molar-refractivity contribution in [1.82, 2.24) is 0 Å². The van der Waals surface area contributed by atoms with Crippen LogP contribution < -0.4 is 9.47 Å². The van der Waals surface area contributed by atoms with E-state index in [1.165, 1.54) is 6.08 Å². The van der Waals surface area contributed by atoms with Gasteiger partial charge in [-0.2, -0.15) is 0 Å². The Balaban J connectivity index is 1.73. The van der Waals surface area contributed by atoms with Crippen LogP contribution in [0.2, 0.25) is 0 Å². The fraction of sp³-hybridized carbons (Fsp3) is 0.571. The molecule has 2 heterocycles. The lowest BCUT2D eigenvalue weighted by atomic mass is 9.96. The molecule has 1 saturated heterocycles. The van der Waals surface area contributed by atoms with Crippen LogP contribution in [0.25, 0.3) is 6.08 Å². The highest BCUT2D eigenvalue weighted by atomic mass is 16.7. The van der Waals surface area contributed by atoms with Crippen molar-refractivity contribution in [3.8, 4) is 11.5 Å². The summed E-state index contributed by atoms with van der Waals surface area (Å²) in [5.41, 5.74) is -0.349. The lowest BCUT2D eigenvalue weighted by Crippen LogP contribution is -2.62. The molecule has 2 aliphatic rings. The largest absolute Gasteiger partial charge is 0.483 e. The van der Waals surface area contributed by atoms with E-state index in [2.05, 4.69) is 0 Å². The van der Waals surface area contributed by atoms with Crippen LogP contribution >= 0.6 is 0 Å². The van der Waals surface area contributed by atoms with Gasteiger partial charge in [0, 0.05) is 12.7 Å². The van der Waals surface area contributed by atoms with Gasteiger partial charge in [0.05, 0.1) is 6.61 Å². The zero-order valence-electron chi connectivity index (χ0n) is 16.6. The number of esters is 1. The Morgan fingerprint density at radius 3 is 2.89 bits per heavy atom. The molecule has 0 saturated carbocycles. The van der Waals surface area contributed by atoms with E-state index in [1.54, 1.807) is 45.0 Å². The second-order valence-corrected chi connectivity index (χ2v) is 7.39. The molecule has 0 aliphatic carbocycles. The second-order valence-electron chi connectivity index (χ2n) is 7.39. The number of ether oxygens (including phenoxy) is 5. The first-order valence-electron chi connectivity index (χ1n) is 9.65. The Morgan fingerprint density at radius 1 is 1.36 bits per heavy atom. The first kappa shape index (κ1) is 20.6. The Morgan fingerprint density at radius 2 is 2.18 bits per heavy atom. The van der Waals surface area contributed by atoms with E-state index in [-0.39, 0.29) is 12.9 Å². The number of hydrogen-bond donors (Lipinski definition) is 1. The third-order valence-corrected chi connectivity index (χ3v) is 4.87. The number of carbonyl (C=O) groups is 1. The summed E-state index contributed by atoms with van der Waals surface area (Å²) in [7, 11) is 0. The van der Waals surface area contributed by atoms with Crippen molar-refractivity contribution in [2.24, 2.45) is 0 Å². The molecule has 0 spiro atoms. The molecule has 28 heavy (non-hydrogen) atoms. The highest BCUT2D eigenvalue weighted by Gasteiger charge is 2.52. The molecule has 2 unspecified atom stereocenters. The van der Waals surface area contributed by atoms with Crippen LogP contribution in [-0.4, -0.2) is 48.6 Å². The summed E-state index contributed by atoms with van der Waals surface area (Å²) in [4.78, 5) is 11.5. The Hall–Kier alpha value is -2.09. The van der Waals surface area contributed by atoms with Gasteiger partial charge in [-0.25, -0.2) is 4.79 Å². The summed E-state index contributed by atoms with van der Waals surface area (Å²) in [6.07, 6.45) is 5.40. The summed E-state index contributed by atoms with van der Waals surface area (Å²) < 4.78 is 28.2. The predicted molar refractivity (Wildman–Crippen MR) is 102 cm³/mol. The Labute approximate surface area is 165 Å². The van der Waals surface area contributed by atoms with E-state index in [4.69, 9.17) is 23.7 Å². The molecule has 0 aromatic heterocycles. The number of hydrogen-bond acceptors (Lipinski definition) is 7. The maximum absolute atomic E-state index is 11.5. The SMILES string of the molecule is CCOC(=O)/C=C/c1ccc2c(c1)OC(O)(C(C)(C)OC1CCCCO1)CO2. The zero-order valence-corrected chi connectivity index (χ0v) is 16.6. The molecule has 1 fully saturated rings. The third kappa shape index (κ3) is 4.66. The fourth-order valence-electron chi connectivity index (χ4n) is 3.09. The lowest BCUT2D eigenvalue weighted by molar-refractivity contribution is -0.324. The summed E-state index contributed by atoms with van der Waals surface area (Å²) in [6, 6.07) is 5.22. The molecular formula is C21H28O7. The summed E-state index contributed by atoms with van der Waals surface area (Å²) in [5, 5.41) is 11.1. The minimum absolute atomic E-state index is 0.0717. The van der Waals surface area contributed by atoms with Crippen LogP contribution in [0.5, 0.6) is 11.5 Å². The predicted octanol–water partition coefficient (Wildman–Crippen LogP) is 3.04. The lowest BCUT2D eigenvalue weighted by Gasteiger charge is -2.45. The van der Waals surface area contributed by atoms with Crippen molar-refractivity contribution in [3.05, 3.63) is 29.8 Å². The van der Waals surface area contributed by atoms with Crippen molar-refractivity contribution >= 4 is 12.0 Å². The minimum atomic E-state index is -1.69. The monoisotopic (exact) mass is 392 g/mol. The molecule has 1 aromatic rings. The van der Waals surface area contributed by atoms with Gasteiger partial charge in [-0.1, -0.05) is 6.07 Å². The minimum Gasteiger partial charge on any atom is -0.483 e. The molecule has 7 heteroatoms. The number of rotatable bonds is 6. The summed E-state index contributed by atoms with van der Waals surface area (Å²) >= 11 is 0. The zero-order chi connectivity index (χ0) is 20.2. The molecule has 1 N–H and O–H groups in total. The average molecular weight is 392 g/mol. The highest BCUT2D eigenvalue weighted by Crippen LogP contribution is 2.41. The quantitative estimate of drug-likeness (QED) is 0.588. The first-order chi connectivity index (χ1) is 13.3. The summed E-state index contributed by atoms with van der Waals surface area (Å²) in [6.45, 7) is 6.15. The van der Waals surface area contributed by atoms with Crippen LogP contribution in [0.15, 0.2) is 24.3 Å². The van der Waals surface area contributed by atoms with Crippen molar-refractivity contribution in [2.75, 3.05) is 19.8 Å². The molecule has 0 radical (unpaired) electrons. The van der Waals surface area contributed by atoms with Crippen LogP contribution in [0.4, 0.5) is 0 Å². The van der Waals surface area contributed by atoms with Crippen molar-refractivity contribution in [3.63, 3.8) is 0 Å². The smallest absolute Gasteiger partial charge is 0.330 e. The van der Waals surface area contributed by atoms with Crippen LogP contribution in [0.3, 0.4) is 0 Å². The normalized spacial score (nSPS) is 24.9. The van der Waals surface area contributed by atoms with E-state index in [0.717, 1.165) is 19.3 Å². The molecule has 0 amide bonds. The maximum atomic E-state index is 11.5. The maximum Gasteiger partial charge on any atom is 0.330 e. The van der Waals surface area contributed by atoms with E-state index in [0.29, 0.717) is 30.3 Å². The molecule has 0 bridgehead atoms. The fourth-order valence-corrected chi connectivity index (χ4v) is 3.09. The van der Waals surface area contributed by atoms with Gasteiger partial charge in [-0.15, -0.1) is 0 Å². The second kappa shape index (κ2) is 8.51. The molecule has 3 rings (SSSR count). The van der Waals surface area contributed by atoms with Gasteiger partial charge >= 0.3 is 5.97 Å². The van der Waals surface area contributed by atoms with E-state index in [9.17, 15) is 9.90 Å². The molecule has 1 aromatic carbocycles. The van der Waals surface area contributed by atoms with Crippen molar-refractivity contribution in [1.29, 1.82) is 0 Å². The van der Waals surface area contributed by atoms with Crippen molar-refractivity contribution in [2.45, 2.75) is 57.7 Å². The molecule has 7 nitrogen and oxygen atoms in total. The number of carbonyl (C=O) groups excluding carboxylic acids is 1. The topological polar surface area (TPSA) is 83.5 Å². The molecule has 154 valence electrons. The van der Waals surface area contributed by atoms with E-state index >= 15 is 0 Å².